The molecule has 0 aliphatic heterocycles. The molecular weight excluding hydrogens is 402 g/mol. The SMILES string of the molecule is Cc1cccc2nc(-c3cc(=O)c(OCc4ccccc4)co3)c(NC3CCCCC3)n12. The molecule has 5 rings (SSSR count). The smallest absolute Gasteiger partial charge is 0.227 e. The van der Waals surface area contributed by atoms with Gasteiger partial charge in [-0.05, 0) is 37.5 Å². The summed E-state index contributed by atoms with van der Waals surface area (Å²) in [5, 5.41) is 3.70. The highest BCUT2D eigenvalue weighted by molar-refractivity contribution is 5.74. The second-order valence-electron chi connectivity index (χ2n) is 8.40. The van der Waals surface area contributed by atoms with Crippen LogP contribution in [-0.2, 0) is 6.61 Å². The van der Waals surface area contributed by atoms with Crippen molar-refractivity contribution in [3.05, 3.63) is 82.3 Å². The minimum Gasteiger partial charge on any atom is -0.482 e. The lowest BCUT2D eigenvalue weighted by atomic mass is 9.95. The Morgan fingerprint density at radius 2 is 1.91 bits per heavy atom. The van der Waals surface area contributed by atoms with Crippen LogP contribution in [0.3, 0.4) is 0 Å². The Labute approximate surface area is 186 Å². The normalized spacial score (nSPS) is 14.5. The zero-order valence-electron chi connectivity index (χ0n) is 18.2. The molecule has 1 N–H and O–H groups in total. The van der Waals surface area contributed by atoms with Crippen molar-refractivity contribution in [2.75, 3.05) is 5.32 Å². The van der Waals surface area contributed by atoms with Crippen LogP contribution >= 0.6 is 0 Å². The molecule has 32 heavy (non-hydrogen) atoms. The van der Waals surface area contributed by atoms with Gasteiger partial charge in [-0.25, -0.2) is 4.98 Å². The molecule has 1 aliphatic carbocycles. The summed E-state index contributed by atoms with van der Waals surface area (Å²) in [6.45, 7) is 2.37. The van der Waals surface area contributed by atoms with Gasteiger partial charge in [0.25, 0.3) is 0 Å². The predicted octanol–water partition coefficient (Wildman–Crippen LogP) is 5.59. The van der Waals surface area contributed by atoms with E-state index in [1.165, 1.54) is 31.6 Å². The van der Waals surface area contributed by atoms with Crippen LogP contribution in [0, 0.1) is 6.92 Å². The second-order valence-corrected chi connectivity index (χ2v) is 8.40. The van der Waals surface area contributed by atoms with Gasteiger partial charge in [-0.3, -0.25) is 9.20 Å². The van der Waals surface area contributed by atoms with Gasteiger partial charge >= 0.3 is 0 Å². The van der Waals surface area contributed by atoms with Gasteiger partial charge in [0, 0.05) is 17.8 Å². The van der Waals surface area contributed by atoms with E-state index in [0.29, 0.717) is 24.1 Å². The quantitative estimate of drug-likeness (QED) is 0.433. The van der Waals surface area contributed by atoms with Crippen molar-refractivity contribution in [1.29, 1.82) is 0 Å². The fourth-order valence-corrected chi connectivity index (χ4v) is 4.36. The molecule has 4 aromatic rings. The topological polar surface area (TPSA) is 68.8 Å². The molecule has 0 spiro atoms. The third-order valence-electron chi connectivity index (χ3n) is 6.05. The number of nitrogens with zero attached hydrogens (tertiary/aromatic N) is 2. The number of rotatable bonds is 6. The molecule has 0 saturated heterocycles. The van der Waals surface area contributed by atoms with E-state index in [9.17, 15) is 4.79 Å². The fraction of sp³-hybridized carbons (Fsp3) is 0.308. The number of nitrogens with one attached hydrogen (secondary N) is 1. The summed E-state index contributed by atoms with van der Waals surface area (Å²) in [7, 11) is 0. The van der Waals surface area contributed by atoms with Gasteiger partial charge in [0.05, 0.1) is 0 Å². The van der Waals surface area contributed by atoms with E-state index in [0.717, 1.165) is 35.6 Å². The number of aromatic nitrogens is 2. The zero-order valence-corrected chi connectivity index (χ0v) is 18.2. The molecular formula is C26H27N3O3. The first-order valence-corrected chi connectivity index (χ1v) is 11.2. The first-order chi connectivity index (χ1) is 15.7. The van der Waals surface area contributed by atoms with Crippen LogP contribution in [0.1, 0.15) is 43.4 Å². The van der Waals surface area contributed by atoms with Gasteiger partial charge in [0.15, 0.2) is 5.76 Å². The molecule has 6 heteroatoms. The van der Waals surface area contributed by atoms with Crippen LogP contribution in [0.4, 0.5) is 5.82 Å². The highest BCUT2D eigenvalue weighted by atomic mass is 16.5. The summed E-state index contributed by atoms with van der Waals surface area (Å²) in [5.74, 6) is 1.51. The van der Waals surface area contributed by atoms with Crippen LogP contribution in [0.2, 0.25) is 0 Å². The van der Waals surface area contributed by atoms with E-state index in [4.69, 9.17) is 14.1 Å². The molecule has 1 saturated carbocycles. The van der Waals surface area contributed by atoms with Crippen molar-refractivity contribution in [3.8, 4) is 17.2 Å². The lowest BCUT2D eigenvalue weighted by molar-refractivity contribution is 0.293. The zero-order chi connectivity index (χ0) is 21.9. The Kier molecular flexibility index (Phi) is 5.67. The second kappa shape index (κ2) is 8.91. The molecule has 0 unspecified atom stereocenters. The van der Waals surface area contributed by atoms with Crippen molar-refractivity contribution in [1.82, 2.24) is 9.38 Å². The Bertz CT molecular complexity index is 1270. The van der Waals surface area contributed by atoms with E-state index in [1.807, 2.05) is 42.5 Å². The Morgan fingerprint density at radius 1 is 1.09 bits per heavy atom. The number of benzene rings is 1. The lowest BCUT2D eigenvalue weighted by Crippen LogP contribution is -2.23. The molecule has 164 valence electrons. The van der Waals surface area contributed by atoms with Crippen molar-refractivity contribution in [2.45, 2.75) is 51.7 Å². The maximum atomic E-state index is 12.8. The molecule has 0 radical (unpaired) electrons. The lowest BCUT2D eigenvalue weighted by Gasteiger charge is -2.24. The van der Waals surface area contributed by atoms with Crippen molar-refractivity contribution in [2.24, 2.45) is 0 Å². The number of ether oxygens (including phenoxy) is 1. The van der Waals surface area contributed by atoms with Crippen LogP contribution in [0.5, 0.6) is 5.75 Å². The summed E-state index contributed by atoms with van der Waals surface area (Å²) in [5.41, 5.74) is 3.32. The van der Waals surface area contributed by atoms with Gasteiger partial charge in [-0.15, -0.1) is 0 Å². The maximum absolute atomic E-state index is 12.8. The minimum atomic E-state index is -0.223. The molecule has 6 nitrogen and oxygen atoms in total. The van der Waals surface area contributed by atoms with Gasteiger partial charge in [0.2, 0.25) is 11.2 Å². The average Bonchev–Trinajstić information content (AvgIpc) is 3.19. The van der Waals surface area contributed by atoms with Crippen LogP contribution in [-0.4, -0.2) is 15.4 Å². The summed E-state index contributed by atoms with van der Waals surface area (Å²) < 4.78 is 13.7. The van der Waals surface area contributed by atoms with Crippen molar-refractivity contribution >= 4 is 11.5 Å². The Morgan fingerprint density at radius 3 is 2.69 bits per heavy atom. The largest absolute Gasteiger partial charge is 0.482 e. The third-order valence-corrected chi connectivity index (χ3v) is 6.05. The molecule has 1 aromatic carbocycles. The van der Waals surface area contributed by atoms with Crippen molar-refractivity contribution in [3.63, 3.8) is 0 Å². The first kappa shape index (κ1) is 20.4. The van der Waals surface area contributed by atoms with Crippen LogP contribution < -0.4 is 15.5 Å². The highest BCUT2D eigenvalue weighted by Gasteiger charge is 2.22. The molecule has 3 aromatic heterocycles. The summed E-state index contributed by atoms with van der Waals surface area (Å²) in [6.07, 6.45) is 7.40. The van der Waals surface area contributed by atoms with Gasteiger partial charge < -0.3 is 14.5 Å². The Hall–Kier alpha value is -3.54. The molecule has 0 amide bonds. The monoisotopic (exact) mass is 429 g/mol. The number of hydrogen-bond acceptors (Lipinski definition) is 5. The highest BCUT2D eigenvalue weighted by Crippen LogP contribution is 2.32. The van der Waals surface area contributed by atoms with E-state index in [-0.39, 0.29) is 11.2 Å². The summed E-state index contributed by atoms with van der Waals surface area (Å²) in [4.78, 5) is 17.6. The van der Waals surface area contributed by atoms with Crippen LogP contribution in [0.25, 0.3) is 17.1 Å². The van der Waals surface area contributed by atoms with E-state index in [1.54, 1.807) is 0 Å². The maximum Gasteiger partial charge on any atom is 0.227 e. The first-order valence-electron chi connectivity index (χ1n) is 11.2. The number of imidazole rings is 1. The molecule has 1 aliphatic rings. The average molecular weight is 430 g/mol. The summed E-state index contributed by atoms with van der Waals surface area (Å²) >= 11 is 0. The standard InChI is InChI=1S/C26H27N3O3/c1-18-9-8-14-24-28-25(26(29(18)24)27-20-12-6-3-7-13-20)22-15-21(30)23(17-32-22)31-16-19-10-4-2-5-11-19/h2,4-5,8-11,14-15,17,20,27H,3,6-7,12-13,16H2,1H3. The van der Waals surface area contributed by atoms with Gasteiger partial charge in [0.1, 0.15) is 30.0 Å². The molecule has 3 heterocycles. The number of anilines is 1. The number of aryl methyl sites for hydroxylation is 1. The number of fused-ring (bicyclic) bond motifs is 1. The van der Waals surface area contributed by atoms with Crippen LogP contribution in [0.15, 0.2) is 70.1 Å². The Balaban J connectivity index is 1.48. The molecule has 1 fully saturated rings. The molecule has 0 atom stereocenters. The minimum absolute atomic E-state index is 0.194. The molecule has 0 bridgehead atoms. The van der Waals surface area contributed by atoms with Crippen molar-refractivity contribution < 1.29 is 9.15 Å². The fourth-order valence-electron chi connectivity index (χ4n) is 4.36. The predicted molar refractivity (Wildman–Crippen MR) is 125 cm³/mol. The van der Waals surface area contributed by atoms with Gasteiger partial charge in [-0.2, -0.15) is 0 Å². The third kappa shape index (κ3) is 4.13. The number of hydrogen-bond donors (Lipinski definition) is 1. The van der Waals surface area contributed by atoms with Gasteiger partial charge in [-0.1, -0.05) is 55.7 Å². The summed E-state index contributed by atoms with van der Waals surface area (Å²) in [6, 6.07) is 17.6. The van der Waals surface area contributed by atoms with E-state index in [2.05, 4.69) is 22.7 Å². The number of pyridine rings is 1. The van der Waals surface area contributed by atoms with E-state index < -0.39 is 0 Å². The van der Waals surface area contributed by atoms with E-state index >= 15 is 0 Å².